The Hall–Kier alpha value is -3.12. The number of nitrogens with zero attached hydrogens (tertiary/aromatic N) is 2. The third kappa shape index (κ3) is 4.66. The predicted octanol–water partition coefficient (Wildman–Crippen LogP) is 4.65. The maximum atomic E-state index is 12.9. The molecule has 6 nitrogen and oxygen atoms in total. The molecule has 2 N–H and O–H groups in total. The maximum absolute atomic E-state index is 12.9. The van der Waals surface area contributed by atoms with Crippen molar-refractivity contribution in [3.8, 4) is 5.69 Å². The van der Waals surface area contributed by atoms with Crippen molar-refractivity contribution in [1.29, 1.82) is 0 Å². The summed E-state index contributed by atoms with van der Waals surface area (Å²) in [4.78, 5) is 24.8. The van der Waals surface area contributed by atoms with E-state index in [1.165, 1.54) is 0 Å². The minimum atomic E-state index is -0.250. The molecule has 2 aromatic carbocycles. The van der Waals surface area contributed by atoms with Gasteiger partial charge >= 0.3 is 0 Å². The number of rotatable bonds is 6. The third-order valence-corrected chi connectivity index (χ3v) is 4.66. The van der Waals surface area contributed by atoms with Crippen molar-refractivity contribution < 1.29 is 9.59 Å². The summed E-state index contributed by atoms with van der Waals surface area (Å²) in [5.41, 5.74) is 3.30. The number of amides is 2. The van der Waals surface area contributed by atoms with Gasteiger partial charge in [-0.1, -0.05) is 25.4 Å². The highest BCUT2D eigenvalue weighted by atomic mass is 35.5. The van der Waals surface area contributed by atoms with E-state index in [0.717, 1.165) is 11.4 Å². The Morgan fingerprint density at radius 1 is 1.03 bits per heavy atom. The molecular formula is C22H23ClN4O2. The van der Waals surface area contributed by atoms with E-state index >= 15 is 0 Å². The van der Waals surface area contributed by atoms with E-state index in [4.69, 9.17) is 11.6 Å². The van der Waals surface area contributed by atoms with Gasteiger partial charge < -0.3 is 10.6 Å². The molecule has 0 fully saturated rings. The Kier molecular flexibility index (Phi) is 6.34. The second kappa shape index (κ2) is 8.92. The van der Waals surface area contributed by atoms with Crippen LogP contribution in [0.5, 0.6) is 0 Å². The van der Waals surface area contributed by atoms with Crippen molar-refractivity contribution in [2.24, 2.45) is 0 Å². The second-order valence-corrected chi connectivity index (χ2v) is 7.31. The quantitative estimate of drug-likeness (QED) is 0.621. The minimum Gasteiger partial charge on any atom is -0.352 e. The molecule has 29 heavy (non-hydrogen) atoms. The van der Waals surface area contributed by atoms with Gasteiger partial charge in [-0.3, -0.25) is 9.59 Å². The third-order valence-electron chi connectivity index (χ3n) is 4.41. The molecule has 0 unspecified atom stereocenters. The zero-order valence-corrected chi connectivity index (χ0v) is 17.3. The highest BCUT2D eigenvalue weighted by molar-refractivity contribution is 6.30. The molecule has 0 saturated heterocycles. The van der Waals surface area contributed by atoms with Crippen molar-refractivity contribution in [3.05, 3.63) is 76.6 Å². The fourth-order valence-electron chi connectivity index (χ4n) is 3.04. The lowest BCUT2D eigenvalue weighted by Gasteiger charge is -2.13. The number of anilines is 1. The maximum Gasteiger partial charge on any atom is 0.259 e. The molecule has 3 aromatic rings. The Morgan fingerprint density at radius 2 is 1.69 bits per heavy atom. The van der Waals surface area contributed by atoms with E-state index in [1.54, 1.807) is 47.3 Å². The van der Waals surface area contributed by atoms with E-state index in [2.05, 4.69) is 15.7 Å². The summed E-state index contributed by atoms with van der Waals surface area (Å²) in [5, 5.41) is 10.7. The van der Waals surface area contributed by atoms with Gasteiger partial charge in [0.1, 0.15) is 0 Å². The van der Waals surface area contributed by atoms with Crippen LogP contribution in [-0.2, 0) is 0 Å². The van der Waals surface area contributed by atoms with Crippen LogP contribution < -0.4 is 10.6 Å². The van der Waals surface area contributed by atoms with Gasteiger partial charge in [0.15, 0.2) is 0 Å². The lowest BCUT2D eigenvalue weighted by Crippen LogP contribution is -2.22. The predicted molar refractivity (Wildman–Crippen MR) is 115 cm³/mol. The first-order valence-electron chi connectivity index (χ1n) is 9.44. The minimum absolute atomic E-state index is 0.0778. The van der Waals surface area contributed by atoms with Gasteiger partial charge in [0.05, 0.1) is 23.1 Å². The fraction of sp³-hybridized carbons (Fsp3) is 0.227. The van der Waals surface area contributed by atoms with Crippen LogP contribution in [0, 0.1) is 0 Å². The Balaban J connectivity index is 1.84. The first-order valence-corrected chi connectivity index (χ1v) is 9.82. The summed E-state index contributed by atoms with van der Waals surface area (Å²) in [5.74, 6) is -0.314. The number of nitrogens with one attached hydrogen (secondary N) is 2. The molecule has 1 aromatic heterocycles. The number of halogens is 1. The summed E-state index contributed by atoms with van der Waals surface area (Å²) in [6, 6.07) is 14.1. The van der Waals surface area contributed by atoms with E-state index < -0.39 is 0 Å². The molecule has 3 rings (SSSR count). The zero-order chi connectivity index (χ0) is 21.0. The molecule has 0 atom stereocenters. The van der Waals surface area contributed by atoms with Gasteiger partial charge in [0.25, 0.3) is 11.8 Å². The number of hydrogen-bond acceptors (Lipinski definition) is 3. The molecule has 0 spiro atoms. The standard InChI is InChI=1S/C22H23ClN4O2/c1-4-24-21(28)15-5-9-17(10-6-15)26-22(29)19-13-25-27(20(19)14(2)3)18-11-7-16(23)8-12-18/h5-14H,4H2,1-3H3,(H,24,28)(H,26,29). The Morgan fingerprint density at radius 3 is 2.28 bits per heavy atom. The molecule has 0 radical (unpaired) electrons. The average molecular weight is 411 g/mol. The van der Waals surface area contributed by atoms with Gasteiger partial charge in [0, 0.05) is 22.8 Å². The van der Waals surface area contributed by atoms with Crippen LogP contribution in [0.2, 0.25) is 5.02 Å². The highest BCUT2D eigenvalue weighted by Crippen LogP contribution is 2.25. The molecule has 0 aliphatic carbocycles. The van der Waals surface area contributed by atoms with Gasteiger partial charge in [-0.05, 0) is 61.4 Å². The van der Waals surface area contributed by atoms with Crippen molar-refractivity contribution >= 4 is 29.1 Å². The first kappa shape index (κ1) is 20.6. The Labute approximate surface area is 174 Å². The summed E-state index contributed by atoms with van der Waals surface area (Å²) in [7, 11) is 0. The fourth-order valence-corrected chi connectivity index (χ4v) is 3.17. The van der Waals surface area contributed by atoms with Crippen molar-refractivity contribution in [1.82, 2.24) is 15.1 Å². The van der Waals surface area contributed by atoms with Crippen LogP contribution in [-0.4, -0.2) is 28.1 Å². The number of hydrogen-bond donors (Lipinski definition) is 2. The molecule has 0 aliphatic heterocycles. The SMILES string of the molecule is CCNC(=O)c1ccc(NC(=O)c2cnn(-c3ccc(Cl)cc3)c2C(C)C)cc1. The normalized spacial score (nSPS) is 10.8. The van der Waals surface area contributed by atoms with Crippen LogP contribution in [0.15, 0.2) is 54.7 Å². The molecule has 0 aliphatic rings. The number of aromatic nitrogens is 2. The van der Waals surface area contributed by atoms with Crippen LogP contribution in [0.1, 0.15) is 53.1 Å². The van der Waals surface area contributed by atoms with Crippen LogP contribution in [0.3, 0.4) is 0 Å². The lowest BCUT2D eigenvalue weighted by molar-refractivity contribution is 0.0955. The summed E-state index contributed by atoms with van der Waals surface area (Å²) in [6.45, 7) is 6.46. The van der Waals surface area contributed by atoms with Crippen LogP contribution >= 0.6 is 11.6 Å². The van der Waals surface area contributed by atoms with Crippen LogP contribution in [0.4, 0.5) is 5.69 Å². The van der Waals surface area contributed by atoms with Gasteiger partial charge in [-0.2, -0.15) is 5.10 Å². The summed E-state index contributed by atoms with van der Waals surface area (Å²) < 4.78 is 1.76. The van der Waals surface area contributed by atoms with E-state index in [0.29, 0.717) is 28.4 Å². The first-order chi connectivity index (χ1) is 13.9. The largest absolute Gasteiger partial charge is 0.352 e. The summed E-state index contributed by atoms with van der Waals surface area (Å²) in [6.07, 6.45) is 1.57. The number of benzene rings is 2. The van der Waals surface area contributed by atoms with E-state index in [9.17, 15) is 9.59 Å². The molecule has 1 heterocycles. The van der Waals surface area contributed by atoms with Crippen molar-refractivity contribution in [3.63, 3.8) is 0 Å². The van der Waals surface area contributed by atoms with E-state index in [1.807, 2.05) is 32.9 Å². The van der Waals surface area contributed by atoms with E-state index in [-0.39, 0.29) is 17.7 Å². The Bertz CT molecular complexity index is 1010. The smallest absolute Gasteiger partial charge is 0.259 e. The lowest BCUT2D eigenvalue weighted by atomic mass is 10.0. The number of carbonyl (C=O) groups is 2. The van der Waals surface area contributed by atoms with Crippen LogP contribution in [0.25, 0.3) is 5.69 Å². The highest BCUT2D eigenvalue weighted by Gasteiger charge is 2.21. The molecule has 150 valence electrons. The van der Waals surface area contributed by atoms with Gasteiger partial charge in [-0.15, -0.1) is 0 Å². The molecule has 2 amide bonds. The topological polar surface area (TPSA) is 76.0 Å². The van der Waals surface area contributed by atoms with Crippen molar-refractivity contribution in [2.45, 2.75) is 26.7 Å². The molecule has 0 bridgehead atoms. The molecule has 7 heteroatoms. The summed E-state index contributed by atoms with van der Waals surface area (Å²) >= 11 is 5.98. The average Bonchev–Trinajstić information content (AvgIpc) is 3.15. The van der Waals surface area contributed by atoms with Gasteiger partial charge in [0.2, 0.25) is 0 Å². The zero-order valence-electron chi connectivity index (χ0n) is 16.6. The van der Waals surface area contributed by atoms with Crippen molar-refractivity contribution in [2.75, 3.05) is 11.9 Å². The number of carbonyl (C=O) groups excluding carboxylic acids is 2. The van der Waals surface area contributed by atoms with Gasteiger partial charge in [-0.25, -0.2) is 4.68 Å². The molecule has 0 saturated carbocycles. The molecular weight excluding hydrogens is 388 g/mol. The monoisotopic (exact) mass is 410 g/mol. The second-order valence-electron chi connectivity index (χ2n) is 6.88.